The van der Waals surface area contributed by atoms with E-state index in [-0.39, 0.29) is 6.09 Å². The molecule has 128 valence electrons. The van der Waals surface area contributed by atoms with Crippen LogP contribution in [0.2, 0.25) is 0 Å². The fraction of sp³-hybridized carbons (Fsp3) is 0.471. The lowest BCUT2D eigenvalue weighted by Gasteiger charge is -2.33. The van der Waals surface area contributed by atoms with E-state index in [1.807, 2.05) is 30.3 Å². The second kappa shape index (κ2) is 7.92. The van der Waals surface area contributed by atoms with Gasteiger partial charge in [0.05, 0.1) is 0 Å². The van der Waals surface area contributed by atoms with Gasteiger partial charge in [-0.05, 0) is 5.56 Å². The third kappa shape index (κ3) is 4.55. The first-order valence-electron chi connectivity index (χ1n) is 8.17. The highest BCUT2D eigenvalue weighted by Gasteiger charge is 2.22. The highest BCUT2D eigenvalue weighted by Crippen LogP contribution is 2.08. The zero-order valence-electron chi connectivity index (χ0n) is 13.9. The Hall–Kier alpha value is -2.41. The molecule has 0 bridgehead atoms. The van der Waals surface area contributed by atoms with Crippen molar-refractivity contribution in [3.63, 3.8) is 0 Å². The van der Waals surface area contributed by atoms with Crippen LogP contribution in [0.5, 0.6) is 0 Å². The van der Waals surface area contributed by atoms with Crippen molar-refractivity contribution in [1.29, 1.82) is 0 Å². The molecule has 24 heavy (non-hydrogen) atoms. The summed E-state index contributed by atoms with van der Waals surface area (Å²) in [6.45, 7) is 5.97. The smallest absolute Gasteiger partial charge is 0.410 e. The molecule has 0 saturated carbocycles. The van der Waals surface area contributed by atoms with E-state index in [0.717, 1.165) is 31.6 Å². The van der Waals surface area contributed by atoms with Crippen LogP contribution in [0.4, 0.5) is 4.79 Å². The maximum absolute atomic E-state index is 12.1. The van der Waals surface area contributed by atoms with Crippen LogP contribution in [-0.2, 0) is 17.8 Å². The zero-order chi connectivity index (χ0) is 16.8. The number of aromatic nitrogens is 2. The Bertz CT molecular complexity index is 651. The number of hydrogen-bond donors (Lipinski definition) is 0. The second-order valence-corrected chi connectivity index (χ2v) is 5.83. The van der Waals surface area contributed by atoms with Crippen LogP contribution in [0.25, 0.3) is 0 Å². The molecule has 0 N–H and O–H groups in total. The number of carbonyl (C=O) groups is 1. The molecule has 0 aliphatic carbocycles. The molecule has 7 nitrogen and oxygen atoms in total. The summed E-state index contributed by atoms with van der Waals surface area (Å²) in [4.78, 5) is 16.2. The van der Waals surface area contributed by atoms with Gasteiger partial charge in [0.2, 0.25) is 11.8 Å². The highest BCUT2D eigenvalue weighted by molar-refractivity contribution is 5.67. The summed E-state index contributed by atoms with van der Waals surface area (Å²) in [6.07, 6.45) is 0.491. The van der Waals surface area contributed by atoms with Crippen LogP contribution in [0.1, 0.15) is 17.3 Å². The highest BCUT2D eigenvalue weighted by atomic mass is 16.6. The largest absolute Gasteiger partial charge is 0.445 e. The van der Waals surface area contributed by atoms with Crippen LogP contribution >= 0.6 is 0 Å². The SMILES string of the molecule is Cc1nnc(CCN2CCN(C(=O)OCc3ccccc3)CC2)o1. The topological polar surface area (TPSA) is 71.7 Å². The van der Waals surface area contributed by atoms with Crippen LogP contribution in [0, 0.1) is 6.92 Å². The van der Waals surface area contributed by atoms with Crippen molar-refractivity contribution in [2.45, 2.75) is 20.0 Å². The number of benzene rings is 1. The molecular weight excluding hydrogens is 308 g/mol. The van der Waals surface area contributed by atoms with Crippen molar-refractivity contribution in [3.05, 3.63) is 47.7 Å². The maximum Gasteiger partial charge on any atom is 0.410 e. The molecule has 1 aromatic heterocycles. The van der Waals surface area contributed by atoms with Crippen molar-refractivity contribution in [2.75, 3.05) is 32.7 Å². The molecule has 3 rings (SSSR count). The first kappa shape index (κ1) is 16.4. The van der Waals surface area contributed by atoms with Crippen LogP contribution < -0.4 is 0 Å². The number of ether oxygens (including phenoxy) is 1. The van der Waals surface area contributed by atoms with Gasteiger partial charge in [0.15, 0.2) is 0 Å². The number of piperazine rings is 1. The predicted molar refractivity (Wildman–Crippen MR) is 87.4 cm³/mol. The Morgan fingerprint density at radius 1 is 1.17 bits per heavy atom. The molecule has 7 heteroatoms. The fourth-order valence-corrected chi connectivity index (χ4v) is 2.66. The molecule has 0 radical (unpaired) electrons. The van der Waals surface area contributed by atoms with Gasteiger partial charge in [0, 0.05) is 46.1 Å². The molecule has 1 aliphatic heterocycles. The number of aryl methyl sites for hydroxylation is 1. The zero-order valence-corrected chi connectivity index (χ0v) is 13.9. The standard InChI is InChI=1S/C17H22N4O3/c1-14-18-19-16(24-14)7-8-20-9-11-21(12-10-20)17(22)23-13-15-5-3-2-4-6-15/h2-6H,7-13H2,1H3. The lowest BCUT2D eigenvalue weighted by molar-refractivity contribution is 0.0715. The number of nitrogens with zero attached hydrogens (tertiary/aromatic N) is 4. The summed E-state index contributed by atoms with van der Waals surface area (Å²) in [5.41, 5.74) is 0.999. The molecule has 1 saturated heterocycles. The van der Waals surface area contributed by atoms with E-state index >= 15 is 0 Å². The molecule has 0 spiro atoms. The average Bonchev–Trinajstić information content (AvgIpc) is 3.04. The first-order chi connectivity index (χ1) is 11.7. The molecule has 1 aromatic carbocycles. The van der Waals surface area contributed by atoms with Gasteiger partial charge in [-0.25, -0.2) is 4.79 Å². The van der Waals surface area contributed by atoms with Gasteiger partial charge in [-0.15, -0.1) is 10.2 Å². The second-order valence-electron chi connectivity index (χ2n) is 5.83. The summed E-state index contributed by atoms with van der Waals surface area (Å²) >= 11 is 0. The quantitative estimate of drug-likeness (QED) is 0.833. The van der Waals surface area contributed by atoms with E-state index in [0.29, 0.717) is 31.5 Å². The van der Waals surface area contributed by atoms with Crippen molar-refractivity contribution >= 4 is 6.09 Å². The Morgan fingerprint density at radius 3 is 2.58 bits per heavy atom. The number of amides is 1. The van der Waals surface area contributed by atoms with E-state index in [2.05, 4.69) is 15.1 Å². The van der Waals surface area contributed by atoms with E-state index in [9.17, 15) is 4.79 Å². The molecular formula is C17H22N4O3. The van der Waals surface area contributed by atoms with Gasteiger partial charge < -0.3 is 14.1 Å². The summed E-state index contributed by atoms with van der Waals surface area (Å²) in [5.74, 6) is 1.26. The maximum atomic E-state index is 12.1. The van der Waals surface area contributed by atoms with E-state index in [4.69, 9.17) is 9.15 Å². The van der Waals surface area contributed by atoms with Crippen LogP contribution in [0.3, 0.4) is 0 Å². The summed E-state index contributed by atoms with van der Waals surface area (Å²) in [5, 5.41) is 7.83. The first-order valence-corrected chi connectivity index (χ1v) is 8.17. The van der Waals surface area contributed by atoms with Gasteiger partial charge in [-0.3, -0.25) is 4.90 Å². The van der Waals surface area contributed by atoms with Crippen LogP contribution in [0.15, 0.2) is 34.7 Å². The molecule has 1 aliphatic rings. The number of hydrogen-bond acceptors (Lipinski definition) is 6. The van der Waals surface area contributed by atoms with E-state index < -0.39 is 0 Å². The Kier molecular flexibility index (Phi) is 5.43. The minimum atomic E-state index is -0.244. The molecule has 1 amide bonds. The Morgan fingerprint density at radius 2 is 1.92 bits per heavy atom. The third-order valence-corrected chi connectivity index (χ3v) is 4.05. The summed E-state index contributed by atoms with van der Waals surface area (Å²) in [6, 6.07) is 9.72. The van der Waals surface area contributed by atoms with Crippen molar-refractivity contribution < 1.29 is 13.9 Å². The van der Waals surface area contributed by atoms with Crippen LogP contribution in [-0.4, -0.2) is 58.8 Å². The van der Waals surface area contributed by atoms with Crippen molar-refractivity contribution in [1.82, 2.24) is 20.0 Å². The Balaban J connectivity index is 1.37. The Labute approximate surface area is 141 Å². The van der Waals surface area contributed by atoms with Crippen molar-refractivity contribution in [3.8, 4) is 0 Å². The summed E-state index contributed by atoms with van der Waals surface area (Å²) in [7, 11) is 0. The minimum absolute atomic E-state index is 0.244. The monoisotopic (exact) mass is 330 g/mol. The third-order valence-electron chi connectivity index (χ3n) is 4.05. The van der Waals surface area contributed by atoms with Crippen molar-refractivity contribution in [2.24, 2.45) is 0 Å². The molecule has 2 heterocycles. The molecule has 2 aromatic rings. The molecule has 0 unspecified atom stereocenters. The van der Waals surface area contributed by atoms with Gasteiger partial charge >= 0.3 is 6.09 Å². The minimum Gasteiger partial charge on any atom is -0.445 e. The number of carbonyl (C=O) groups excluding carboxylic acids is 1. The lowest BCUT2D eigenvalue weighted by Crippen LogP contribution is -2.49. The molecule has 0 atom stereocenters. The van der Waals surface area contributed by atoms with Gasteiger partial charge in [-0.1, -0.05) is 30.3 Å². The van der Waals surface area contributed by atoms with Gasteiger partial charge in [0.1, 0.15) is 6.61 Å². The molecule has 1 fully saturated rings. The van der Waals surface area contributed by atoms with E-state index in [1.54, 1.807) is 11.8 Å². The normalized spacial score (nSPS) is 15.5. The number of rotatable bonds is 5. The van der Waals surface area contributed by atoms with Gasteiger partial charge in [-0.2, -0.15) is 0 Å². The summed E-state index contributed by atoms with van der Waals surface area (Å²) < 4.78 is 10.7. The lowest BCUT2D eigenvalue weighted by atomic mass is 10.2. The van der Waals surface area contributed by atoms with Gasteiger partial charge in [0.25, 0.3) is 0 Å². The van der Waals surface area contributed by atoms with E-state index in [1.165, 1.54) is 0 Å². The fourth-order valence-electron chi connectivity index (χ4n) is 2.66. The average molecular weight is 330 g/mol. The predicted octanol–water partition coefficient (Wildman–Crippen LogP) is 1.87.